The van der Waals surface area contributed by atoms with E-state index in [0.29, 0.717) is 0 Å². The minimum atomic E-state index is 0.747. The molecule has 0 aromatic carbocycles. The quantitative estimate of drug-likeness (QED) is 0.420. The van der Waals surface area contributed by atoms with Crippen molar-refractivity contribution in [3.8, 4) is 0 Å². The molecule has 0 heterocycles. The van der Waals surface area contributed by atoms with E-state index in [-0.39, 0.29) is 0 Å². The number of hydrogen-bond donors (Lipinski definition) is 0. The highest BCUT2D eigenvalue weighted by molar-refractivity contribution is 7.99. The first-order valence-electron chi connectivity index (χ1n) is 3.93. The Kier molecular flexibility index (Phi) is 9.04. The summed E-state index contributed by atoms with van der Waals surface area (Å²) in [6.07, 6.45) is 5.32. The number of hydrogen-bond acceptors (Lipinski definition) is 2. The van der Waals surface area contributed by atoms with E-state index in [0.717, 1.165) is 19.1 Å². The molecule has 0 saturated carbocycles. The van der Waals surface area contributed by atoms with Gasteiger partial charge in [-0.3, -0.25) is 0 Å². The average Bonchev–Trinajstić information content (AvgIpc) is 1.97. The second-order valence-corrected chi connectivity index (χ2v) is 3.61. The van der Waals surface area contributed by atoms with Gasteiger partial charge >= 0.3 is 0 Å². The molecule has 0 radical (unpaired) electrons. The van der Waals surface area contributed by atoms with Crippen LogP contribution in [0.2, 0.25) is 0 Å². The Hall–Kier alpha value is 0.0200. The molecule has 0 amide bonds. The summed E-state index contributed by atoms with van der Waals surface area (Å²) in [6.45, 7) is 2.18. The first-order valence-corrected chi connectivity index (χ1v) is 5.08. The summed E-state index contributed by atoms with van der Waals surface area (Å²) in [5.74, 6) is 2.48. The van der Waals surface area contributed by atoms with E-state index in [1.54, 1.807) is 0 Å². The molecule has 0 aromatic rings. The highest BCUT2D eigenvalue weighted by Gasteiger charge is 1.87. The molecule has 0 unspecified atom stereocenters. The predicted octanol–water partition coefficient (Wildman–Crippen LogP) is 2.50. The lowest BCUT2D eigenvalue weighted by Crippen LogP contribution is -1.82. The van der Waals surface area contributed by atoms with Crippen LogP contribution in [0.15, 0.2) is 0 Å². The van der Waals surface area contributed by atoms with Crippen molar-refractivity contribution < 1.29 is 4.79 Å². The molecule has 60 valence electrons. The lowest BCUT2D eigenvalue weighted by molar-refractivity contribution is -0.107. The highest BCUT2D eigenvalue weighted by Crippen LogP contribution is 2.05. The van der Waals surface area contributed by atoms with Gasteiger partial charge < -0.3 is 4.79 Å². The molecule has 0 bridgehead atoms. The van der Waals surface area contributed by atoms with Gasteiger partial charge in [-0.25, -0.2) is 0 Å². The SMILES string of the molecule is CCSCCCCCC=O. The minimum Gasteiger partial charge on any atom is -0.303 e. The van der Waals surface area contributed by atoms with Crippen LogP contribution in [0, 0.1) is 0 Å². The predicted molar refractivity (Wildman–Crippen MR) is 47.5 cm³/mol. The van der Waals surface area contributed by atoms with E-state index in [1.807, 2.05) is 11.8 Å². The highest BCUT2D eigenvalue weighted by atomic mass is 32.2. The molecule has 0 rings (SSSR count). The van der Waals surface area contributed by atoms with Crippen molar-refractivity contribution in [2.75, 3.05) is 11.5 Å². The van der Waals surface area contributed by atoms with Gasteiger partial charge in [-0.2, -0.15) is 11.8 Å². The van der Waals surface area contributed by atoms with E-state index in [2.05, 4.69) is 6.92 Å². The van der Waals surface area contributed by atoms with Crippen molar-refractivity contribution in [1.82, 2.24) is 0 Å². The van der Waals surface area contributed by atoms with Crippen LogP contribution >= 0.6 is 11.8 Å². The van der Waals surface area contributed by atoms with Crippen LogP contribution in [-0.4, -0.2) is 17.8 Å². The maximum atomic E-state index is 9.89. The van der Waals surface area contributed by atoms with Gasteiger partial charge in [0.05, 0.1) is 0 Å². The average molecular weight is 160 g/mol. The summed E-state index contributed by atoms with van der Waals surface area (Å²) in [7, 11) is 0. The Morgan fingerprint density at radius 1 is 1.30 bits per heavy atom. The zero-order valence-corrected chi connectivity index (χ0v) is 7.45. The number of aldehydes is 1. The lowest BCUT2D eigenvalue weighted by Gasteiger charge is -1.95. The molecule has 0 saturated heterocycles. The van der Waals surface area contributed by atoms with Crippen LogP contribution < -0.4 is 0 Å². The van der Waals surface area contributed by atoms with Crippen LogP contribution in [0.4, 0.5) is 0 Å². The monoisotopic (exact) mass is 160 g/mol. The second-order valence-electron chi connectivity index (χ2n) is 2.21. The fourth-order valence-corrected chi connectivity index (χ4v) is 1.45. The smallest absolute Gasteiger partial charge is 0.119 e. The van der Waals surface area contributed by atoms with Crippen LogP contribution in [-0.2, 0) is 4.79 Å². The lowest BCUT2D eigenvalue weighted by atomic mass is 10.2. The Balaban J connectivity index is 2.70. The molecule has 0 atom stereocenters. The van der Waals surface area contributed by atoms with Crippen molar-refractivity contribution in [2.45, 2.75) is 32.6 Å². The standard InChI is InChI=1S/C8H16OS/c1-2-10-8-6-4-3-5-7-9/h7H,2-6,8H2,1H3. The molecular weight excluding hydrogens is 144 g/mol. The zero-order valence-electron chi connectivity index (χ0n) is 6.64. The molecule has 0 fully saturated rings. The molecule has 0 N–H and O–H groups in total. The van der Waals surface area contributed by atoms with Crippen molar-refractivity contribution in [2.24, 2.45) is 0 Å². The van der Waals surface area contributed by atoms with E-state index in [9.17, 15) is 4.79 Å². The molecule has 0 aliphatic rings. The molecule has 2 heteroatoms. The van der Waals surface area contributed by atoms with Crippen molar-refractivity contribution in [1.29, 1.82) is 0 Å². The third-order valence-corrected chi connectivity index (χ3v) is 2.30. The third-order valence-electron chi connectivity index (χ3n) is 1.31. The summed E-state index contributed by atoms with van der Waals surface area (Å²) in [5.41, 5.74) is 0. The van der Waals surface area contributed by atoms with Gasteiger partial charge in [0, 0.05) is 6.42 Å². The summed E-state index contributed by atoms with van der Waals surface area (Å²) < 4.78 is 0. The number of unbranched alkanes of at least 4 members (excludes halogenated alkanes) is 3. The van der Waals surface area contributed by atoms with Crippen LogP contribution in [0.25, 0.3) is 0 Å². The number of thioether (sulfide) groups is 1. The Morgan fingerprint density at radius 3 is 2.70 bits per heavy atom. The maximum absolute atomic E-state index is 9.89. The van der Waals surface area contributed by atoms with Gasteiger partial charge in [-0.05, 0) is 24.3 Å². The van der Waals surface area contributed by atoms with Gasteiger partial charge in [-0.1, -0.05) is 13.3 Å². The summed E-state index contributed by atoms with van der Waals surface area (Å²) in [6, 6.07) is 0. The third kappa shape index (κ3) is 8.02. The van der Waals surface area contributed by atoms with Crippen molar-refractivity contribution in [3.63, 3.8) is 0 Å². The van der Waals surface area contributed by atoms with Gasteiger partial charge in [0.1, 0.15) is 6.29 Å². The molecule has 1 nitrogen and oxygen atoms in total. The summed E-state index contributed by atoms with van der Waals surface area (Å²) in [4.78, 5) is 9.89. The van der Waals surface area contributed by atoms with Gasteiger partial charge in [-0.15, -0.1) is 0 Å². The van der Waals surface area contributed by atoms with Crippen LogP contribution in [0.1, 0.15) is 32.6 Å². The largest absolute Gasteiger partial charge is 0.303 e. The van der Waals surface area contributed by atoms with Gasteiger partial charge in [0.2, 0.25) is 0 Å². The molecule has 0 aliphatic carbocycles. The van der Waals surface area contributed by atoms with E-state index < -0.39 is 0 Å². The number of rotatable bonds is 7. The zero-order chi connectivity index (χ0) is 7.66. The van der Waals surface area contributed by atoms with Crippen LogP contribution in [0.5, 0.6) is 0 Å². The summed E-state index contributed by atoms with van der Waals surface area (Å²) >= 11 is 1.98. The van der Waals surface area contributed by atoms with Crippen molar-refractivity contribution in [3.05, 3.63) is 0 Å². The molecule has 0 spiro atoms. The molecular formula is C8H16OS. The Morgan fingerprint density at radius 2 is 2.10 bits per heavy atom. The fraction of sp³-hybridized carbons (Fsp3) is 0.875. The van der Waals surface area contributed by atoms with Crippen molar-refractivity contribution >= 4 is 18.0 Å². The van der Waals surface area contributed by atoms with Gasteiger partial charge in [0.25, 0.3) is 0 Å². The number of carbonyl (C=O) groups is 1. The van der Waals surface area contributed by atoms with E-state index >= 15 is 0 Å². The summed E-state index contributed by atoms with van der Waals surface area (Å²) in [5, 5.41) is 0. The Labute approximate surface area is 67.6 Å². The molecule has 0 aliphatic heterocycles. The molecule has 10 heavy (non-hydrogen) atoms. The molecule has 0 aromatic heterocycles. The Bertz CT molecular complexity index is 73.7. The maximum Gasteiger partial charge on any atom is 0.119 e. The first kappa shape index (κ1) is 10.0. The minimum absolute atomic E-state index is 0.747. The van der Waals surface area contributed by atoms with E-state index in [1.165, 1.54) is 24.3 Å². The van der Waals surface area contributed by atoms with Gasteiger partial charge in [0.15, 0.2) is 0 Å². The van der Waals surface area contributed by atoms with Crippen LogP contribution in [0.3, 0.4) is 0 Å². The second kappa shape index (κ2) is 9.02. The fourth-order valence-electron chi connectivity index (χ4n) is 0.753. The normalized spacial score (nSPS) is 9.70. The topological polar surface area (TPSA) is 17.1 Å². The first-order chi connectivity index (χ1) is 4.91. The van der Waals surface area contributed by atoms with E-state index in [4.69, 9.17) is 0 Å². The number of carbonyl (C=O) groups excluding carboxylic acids is 1.